The summed E-state index contributed by atoms with van der Waals surface area (Å²) in [5.41, 5.74) is 0.389. The average Bonchev–Trinajstić information content (AvgIpc) is 2.40. The van der Waals surface area contributed by atoms with Crippen LogP contribution in [-0.2, 0) is 0 Å². The molecule has 1 aromatic carbocycles. The van der Waals surface area contributed by atoms with Gasteiger partial charge < -0.3 is 14.7 Å². The van der Waals surface area contributed by atoms with Crippen LogP contribution in [0.5, 0.6) is 5.75 Å². The molecule has 2 aliphatic heterocycles. The summed E-state index contributed by atoms with van der Waals surface area (Å²) in [5.74, 6) is 0.869. The summed E-state index contributed by atoms with van der Waals surface area (Å²) in [5, 5.41) is 10.4. The topological polar surface area (TPSA) is 32.7 Å². The van der Waals surface area contributed by atoms with Crippen LogP contribution in [0.2, 0.25) is 0 Å². The molecule has 1 aromatic rings. The number of benzene rings is 1. The fraction of sp³-hybridized carbons (Fsp3) is 0.647. The number of aliphatic hydroxyl groups is 1. The fourth-order valence-corrected chi connectivity index (χ4v) is 3.57. The SMILES string of the molecule is CC(C)CN1CCC2(CC1)C[C@H](O)c1ccc(F)cc1O2. The van der Waals surface area contributed by atoms with Gasteiger partial charge >= 0.3 is 0 Å². The normalized spacial score (nSPS) is 24.9. The molecule has 0 amide bonds. The molecule has 0 aliphatic carbocycles. The molecule has 3 rings (SSSR count). The highest BCUT2D eigenvalue weighted by atomic mass is 19.1. The van der Waals surface area contributed by atoms with Crippen molar-refractivity contribution in [2.75, 3.05) is 19.6 Å². The molecule has 2 heterocycles. The third kappa shape index (κ3) is 3.06. The largest absolute Gasteiger partial charge is 0.487 e. The number of hydrogen-bond donors (Lipinski definition) is 1. The maximum absolute atomic E-state index is 13.4. The lowest BCUT2D eigenvalue weighted by molar-refractivity contribution is -0.0553. The van der Waals surface area contributed by atoms with Crippen molar-refractivity contribution < 1.29 is 14.2 Å². The summed E-state index contributed by atoms with van der Waals surface area (Å²) in [6, 6.07) is 4.42. The molecule has 0 aromatic heterocycles. The van der Waals surface area contributed by atoms with Crippen LogP contribution < -0.4 is 4.74 Å². The lowest BCUT2D eigenvalue weighted by Crippen LogP contribution is -2.51. The van der Waals surface area contributed by atoms with Crippen LogP contribution in [0.25, 0.3) is 0 Å². The minimum absolute atomic E-state index is 0.310. The van der Waals surface area contributed by atoms with Crippen molar-refractivity contribution in [1.82, 2.24) is 4.90 Å². The van der Waals surface area contributed by atoms with Crippen LogP contribution in [0, 0.1) is 11.7 Å². The van der Waals surface area contributed by atoms with Crippen LogP contribution in [0.4, 0.5) is 4.39 Å². The van der Waals surface area contributed by atoms with Crippen LogP contribution >= 0.6 is 0 Å². The van der Waals surface area contributed by atoms with E-state index < -0.39 is 6.10 Å². The quantitative estimate of drug-likeness (QED) is 0.909. The minimum Gasteiger partial charge on any atom is -0.487 e. The summed E-state index contributed by atoms with van der Waals surface area (Å²) in [7, 11) is 0. The molecule has 1 spiro atoms. The molecule has 1 saturated heterocycles. The second kappa shape index (κ2) is 5.58. The number of aliphatic hydroxyl groups excluding tert-OH is 1. The first kappa shape index (κ1) is 14.8. The van der Waals surface area contributed by atoms with Gasteiger partial charge in [-0.25, -0.2) is 4.39 Å². The van der Waals surface area contributed by atoms with E-state index in [9.17, 15) is 9.50 Å². The standard InChI is InChI=1S/C17H24FNO2/c1-12(2)11-19-7-5-17(6-8-19)10-15(20)14-4-3-13(18)9-16(14)21-17/h3-4,9,12,15,20H,5-8,10-11H2,1-2H3/t15-/m0/s1. The van der Waals surface area contributed by atoms with Gasteiger partial charge in [-0.2, -0.15) is 0 Å². The number of hydrogen-bond acceptors (Lipinski definition) is 3. The summed E-state index contributed by atoms with van der Waals surface area (Å²) in [6.45, 7) is 7.52. The highest BCUT2D eigenvalue weighted by molar-refractivity contribution is 5.38. The molecule has 1 atom stereocenters. The van der Waals surface area contributed by atoms with Crippen LogP contribution in [0.15, 0.2) is 18.2 Å². The minimum atomic E-state index is -0.550. The van der Waals surface area contributed by atoms with E-state index in [0.29, 0.717) is 23.7 Å². The molecule has 3 nitrogen and oxygen atoms in total. The van der Waals surface area contributed by atoms with Crippen molar-refractivity contribution in [3.8, 4) is 5.75 Å². The Morgan fingerprint density at radius 3 is 2.76 bits per heavy atom. The zero-order valence-corrected chi connectivity index (χ0v) is 12.8. The fourth-order valence-electron chi connectivity index (χ4n) is 3.57. The van der Waals surface area contributed by atoms with Gasteiger partial charge in [-0.3, -0.25) is 0 Å². The van der Waals surface area contributed by atoms with Gasteiger partial charge in [-0.15, -0.1) is 0 Å². The smallest absolute Gasteiger partial charge is 0.128 e. The number of piperidine rings is 1. The summed E-state index contributed by atoms with van der Waals surface area (Å²) in [6.07, 6.45) is 1.85. The van der Waals surface area contributed by atoms with Crippen molar-refractivity contribution in [1.29, 1.82) is 0 Å². The molecule has 0 bridgehead atoms. The lowest BCUT2D eigenvalue weighted by Gasteiger charge is -2.46. The van der Waals surface area contributed by atoms with Crippen molar-refractivity contribution in [3.63, 3.8) is 0 Å². The Kier molecular flexibility index (Phi) is 3.93. The van der Waals surface area contributed by atoms with E-state index in [4.69, 9.17) is 4.74 Å². The molecule has 0 unspecified atom stereocenters. The van der Waals surface area contributed by atoms with E-state index in [-0.39, 0.29) is 11.4 Å². The second-order valence-electron chi connectivity index (χ2n) is 6.88. The van der Waals surface area contributed by atoms with Crippen LogP contribution in [0.3, 0.4) is 0 Å². The van der Waals surface area contributed by atoms with Gasteiger partial charge in [0, 0.05) is 37.7 Å². The summed E-state index contributed by atoms with van der Waals surface area (Å²) >= 11 is 0. The number of ether oxygens (including phenoxy) is 1. The monoisotopic (exact) mass is 293 g/mol. The van der Waals surface area contributed by atoms with Gasteiger partial charge in [0.25, 0.3) is 0 Å². The summed E-state index contributed by atoms with van der Waals surface area (Å²) < 4.78 is 19.6. The Morgan fingerprint density at radius 1 is 1.38 bits per heavy atom. The van der Waals surface area contributed by atoms with Gasteiger partial charge in [-0.1, -0.05) is 13.8 Å². The van der Waals surface area contributed by atoms with E-state index in [2.05, 4.69) is 18.7 Å². The molecule has 4 heteroatoms. The molecular formula is C17H24FNO2. The predicted octanol–water partition coefficient (Wildman–Crippen LogP) is 3.13. The van der Waals surface area contributed by atoms with E-state index >= 15 is 0 Å². The molecule has 0 saturated carbocycles. The van der Waals surface area contributed by atoms with Gasteiger partial charge in [0.15, 0.2) is 0 Å². The molecule has 0 radical (unpaired) electrons. The Hall–Kier alpha value is -1.13. The molecule has 2 aliphatic rings. The van der Waals surface area contributed by atoms with Gasteiger partial charge in [0.05, 0.1) is 6.10 Å². The number of rotatable bonds is 2. The van der Waals surface area contributed by atoms with E-state index in [1.165, 1.54) is 12.1 Å². The Morgan fingerprint density at radius 2 is 2.10 bits per heavy atom. The van der Waals surface area contributed by atoms with E-state index in [1.807, 2.05) is 0 Å². The molecule has 116 valence electrons. The van der Waals surface area contributed by atoms with Gasteiger partial charge in [-0.05, 0) is 30.9 Å². The third-order valence-corrected chi connectivity index (χ3v) is 4.62. The number of halogens is 1. The van der Waals surface area contributed by atoms with E-state index in [1.54, 1.807) is 6.07 Å². The zero-order valence-electron chi connectivity index (χ0n) is 12.8. The van der Waals surface area contributed by atoms with Crippen LogP contribution in [-0.4, -0.2) is 35.2 Å². The van der Waals surface area contributed by atoms with Crippen molar-refractivity contribution in [2.24, 2.45) is 5.92 Å². The maximum Gasteiger partial charge on any atom is 0.128 e. The Bertz CT molecular complexity index is 510. The molecule has 1 fully saturated rings. The first-order valence-corrected chi connectivity index (χ1v) is 7.86. The molecule has 1 N–H and O–H groups in total. The zero-order chi connectivity index (χ0) is 15.0. The second-order valence-corrected chi connectivity index (χ2v) is 6.88. The van der Waals surface area contributed by atoms with Crippen molar-refractivity contribution >= 4 is 0 Å². The number of fused-ring (bicyclic) bond motifs is 1. The number of nitrogens with zero attached hydrogens (tertiary/aromatic N) is 1. The van der Waals surface area contributed by atoms with Crippen molar-refractivity contribution in [3.05, 3.63) is 29.6 Å². The van der Waals surface area contributed by atoms with Crippen LogP contribution in [0.1, 0.15) is 44.8 Å². The van der Waals surface area contributed by atoms with E-state index in [0.717, 1.165) is 32.5 Å². The highest BCUT2D eigenvalue weighted by Gasteiger charge is 2.42. The van der Waals surface area contributed by atoms with Gasteiger partial charge in [0.1, 0.15) is 17.2 Å². The maximum atomic E-state index is 13.4. The molecular weight excluding hydrogens is 269 g/mol. The first-order chi connectivity index (χ1) is 9.97. The molecule has 21 heavy (non-hydrogen) atoms. The Balaban J connectivity index is 1.74. The van der Waals surface area contributed by atoms with Crippen molar-refractivity contribution in [2.45, 2.75) is 44.8 Å². The summed E-state index contributed by atoms with van der Waals surface area (Å²) in [4.78, 5) is 2.45. The Labute approximate surface area is 125 Å². The average molecular weight is 293 g/mol. The predicted molar refractivity (Wildman–Crippen MR) is 79.8 cm³/mol. The highest BCUT2D eigenvalue weighted by Crippen LogP contribution is 2.44. The number of likely N-dealkylation sites (tertiary alicyclic amines) is 1. The lowest BCUT2D eigenvalue weighted by atomic mass is 9.81. The first-order valence-electron chi connectivity index (χ1n) is 7.86. The van der Waals surface area contributed by atoms with Gasteiger partial charge in [0.2, 0.25) is 0 Å². The third-order valence-electron chi connectivity index (χ3n) is 4.62.